The Hall–Kier alpha value is -2.83. The van der Waals surface area contributed by atoms with Gasteiger partial charge in [-0.1, -0.05) is 23.2 Å². The molecule has 0 fully saturated rings. The number of nitrogens with zero attached hydrogens (tertiary/aromatic N) is 2. The van der Waals surface area contributed by atoms with Gasteiger partial charge in [-0.15, -0.1) is 0 Å². The molecule has 1 amide bonds. The number of amides is 1. The smallest absolute Gasteiger partial charge is 0.257 e. The van der Waals surface area contributed by atoms with Gasteiger partial charge in [-0.05, 0) is 56.3 Å². The lowest BCUT2D eigenvalue weighted by atomic mass is 10.2. The highest BCUT2D eigenvalue weighted by atomic mass is 35.5. The van der Waals surface area contributed by atoms with E-state index in [1.807, 2.05) is 32.0 Å². The number of halogens is 2. The quantitative estimate of drug-likeness (QED) is 0.493. The van der Waals surface area contributed by atoms with Crippen LogP contribution in [0.3, 0.4) is 0 Å². The van der Waals surface area contributed by atoms with Crippen molar-refractivity contribution in [3.8, 4) is 0 Å². The van der Waals surface area contributed by atoms with Crippen LogP contribution in [0.25, 0.3) is 0 Å². The second kappa shape index (κ2) is 8.91. The third-order valence-electron chi connectivity index (χ3n) is 3.79. The van der Waals surface area contributed by atoms with Crippen molar-refractivity contribution in [1.82, 2.24) is 9.97 Å². The molecule has 2 aromatic carbocycles. The molecule has 8 heteroatoms. The summed E-state index contributed by atoms with van der Waals surface area (Å²) >= 11 is 11.9. The summed E-state index contributed by atoms with van der Waals surface area (Å²) in [6, 6.07) is 13.9. The highest BCUT2D eigenvalue weighted by molar-refractivity contribution is 6.37. The third-order valence-corrected chi connectivity index (χ3v) is 4.33. The fraction of sp³-hybridized carbons (Fsp3) is 0.150. The molecule has 1 aromatic heterocycles. The Bertz CT molecular complexity index is 992. The SMILES string of the molecule is CCNc1cc(Nc2ccc(NC(=O)c3ccc(Cl)cc3Cl)cc2)nc(C)n1. The van der Waals surface area contributed by atoms with Crippen molar-refractivity contribution in [2.45, 2.75) is 13.8 Å². The number of rotatable bonds is 6. The minimum absolute atomic E-state index is 0.302. The summed E-state index contributed by atoms with van der Waals surface area (Å²) in [5, 5.41) is 10.0. The molecule has 1 heterocycles. The summed E-state index contributed by atoms with van der Waals surface area (Å²) in [4.78, 5) is 21.1. The maximum absolute atomic E-state index is 12.4. The van der Waals surface area contributed by atoms with E-state index in [1.54, 1.807) is 24.3 Å². The van der Waals surface area contributed by atoms with Crippen molar-refractivity contribution in [2.75, 3.05) is 22.5 Å². The third kappa shape index (κ3) is 5.12. The summed E-state index contributed by atoms with van der Waals surface area (Å²) in [6.45, 7) is 4.63. The average molecular weight is 416 g/mol. The van der Waals surface area contributed by atoms with E-state index in [4.69, 9.17) is 23.2 Å². The summed E-state index contributed by atoms with van der Waals surface area (Å²) in [5.74, 6) is 1.82. The number of hydrogen-bond acceptors (Lipinski definition) is 5. The number of carbonyl (C=O) groups is 1. The first-order valence-electron chi connectivity index (χ1n) is 8.67. The van der Waals surface area contributed by atoms with Crippen LogP contribution in [0.1, 0.15) is 23.1 Å². The lowest BCUT2D eigenvalue weighted by Crippen LogP contribution is -2.12. The largest absolute Gasteiger partial charge is 0.370 e. The van der Waals surface area contributed by atoms with E-state index in [-0.39, 0.29) is 5.91 Å². The van der Waals surface area contributed by atoms with Crippen LogP contribution in [0.2, 0.25) is 10.0 Å². The van der Waals surface area contributed by atoms with Crippen molar-refractivity contribution in [2.24, 2.45) is 0 Å². The Balaban J connectivity index is 1.69. The molecule has 3 N–H and O–H groups in total. The van der Waals surface area contributed by atoms with Crippen LogP contribution in [-0.2, 0) is 0 Å². The maximum Gasteiger partial charge on any atom is 0.257 e. The molecule has 0 atom stereocenters. The van der Waals surface area contributed by atoms with Crippen LogP contribution in [0.15, 0.2) is 48.5 Å². The van der Waals surface area contributed by atoms with Gasteiger partial charge in [0, 0.05) is 29.0 Å². The molecule has 0 aliphatic heterocycles. The molecule has 0 saturated carbocycles. The average Bonchev–Trinajstić information content (AvgIpc) is 2.63. The van der Waals surface area contributed by atoms with Gasteiger partial charge in [0.05, 0.1) is 10.6 Å². The molecule has 0 aliphatic carbocycles. The molecule has 0 unspecified atom stereocenters. The van der Waals surface area contributed by atoms with E-state index >= 15 is 0 Å². The van der Waals surface area contributed by atoms with Crippen LogP contribution in [0.4, 0.5) is 23.0 Å². The van der Waals surface area contributed by atoms with Crippen molar-refractivity contribution in [1.29, 1.82) is 0 Å². The summed E-state index contributed by atoms with van der Waals surface area (Å²) in [7, 11) is 0. The highest BCUT2D eigenvalue weighted by Gasteiger charge is 2.11. The minimum Gasteiger partial charge on any atom is -0.370 e. The van der Waals surface area contributed by atoms with Crippen LogP contribution in [0, 0.1) is 6.92 Å². The zero-order valence-corrected chi connectivity index (χ0v) is 16.9. The van der Waals surface area contributed by atoms with Gasteiger partial charge >= 0.3 is 0 Å². The maximum atomic E-state index is 12.4. The normalized spacial score (nSPS) is 10.4. The van der Waals surface area contributed by atoms with Crippen LogP contribution >= 0.6 is 23.2 Å². The molecule has 0 aliphatic rings. The van der Waals surface area contributed by atoms with Gasteiger partial charge < -0.3 is 16.0 Å². The molecule has 0 saturated heterocycles. The first-order chi connectivity index (χ1) is 13.4. The molecular weight excluding hydrogens is 397 g/mol. The summed E-state index contributed by atoms with van der Waals surface area (Å²) < 4.78 is 0. The zero-order chi connectivity index (χ0) is 20.1. The number of anilines is 4. The summed E-state index contributed by atoms with van der Waals surface area (Å²) in [6.07, 6.45) is 0. The molecule has 0 bridgehead atoms. The zero-order valence-electron chi connectivity index (χ0n) is 15.4. The topological polar surface area (TPSA) is 78.9 Å². The lowest BCUT2D eigenvalue weighted by Gasteiger charge is -2.11. The van der Waals surface area contributed by atoms with Gasteiger partial charge in [0.1, 0.15) is 17.5 Å². The van der Waals surface area contributed by atoms with Crippen molar-refractivity contribution >= 4 is 52.1 Å². The standard InChI is InChI=1S/C20H19Cl2N5O/c1-3-23-18-11-19(25-12(2)24-18)26-14-5-7-15(8-6-14)27-20(28)16-9-4-13(21)10-17(16)22/h4-11H,3H2,1-2H3,(H,27,28)(H2,23,24,25,26). The molecule has 0 radical (unpaired) electrons. The van der Waals surface area contributed by atoms with Gasteiger partial charge in [-0.25, -0.2) is 9.97 Å². The molecule has 6 nitrogen and oxygen atoms in total. The lowest BCUT2D eigenvalue weighted by molar-refractivity contribution is 0.102. The van der Waals surface area contributed by atoms with E-state index in [1.165, 1.54) is 6.07 Å². The molecule has 3 aromatic rings. The van der Waals surface area contributed by atoms with Crippen molar-refractivity contribution in [3.63, 3.8) is 0 Å². The van der Waals surface area contributed by atoms with E-state index in [2.05, 4.69) is 25.9 Å². The van der Waals surface area contributed by atoms with E-state index in [9.17, 15) is 4.79 Å². The molecule has 144 valence electrons. The van der Waals surface area contributed by atoms with Gasteiger partial charge in [-0.2, -0.15) is 0 Å². The fourth-order valence-corrected chi connectivity index (χ4v) is 3.05. The van der Waals surface area contributed by atoms with E-state index < -0.39 is 0 Å². The number of carbonyl (C=O) groups excluding carboxylic acids is 1. The number of nitrogens with one attached hydrogen (secondary N) is 3. The predicted molar refractivity (Wildman–Crippen MR) is 115 cm³/mol. The Morgan fingerprint density at radius 2 is 1.64 bits per heavy atom. The second-order valence-corrected chi connectivity index (χ2v) is 6.84. The number of benzene rings is 2. The Morgan fingerprint density at radius 1 is 0.964 bits per heavy atom. The Kier molecular flexibility index (Phi) is 6.34. The van der Waals surface area contributed by atoms with Gasteiger partial charge in [0.25, 0.3) is 5.91 Å². The summed E-state index contributed by atoms with van der Waals surface area (Å²) in [5.41, 5.74) is 1.84. The van der Waals surface area contributed by atoms with Gasteiger partial charge in [-0.3, -0.25) is 4.79 Å². The first kappa shape index (κ1) is 19.9. The highest BCUT2D eigenvalue weighted by Crippen LogP contribution is 2.23. The Labute approximate surface area is 173 Å². The van der Waals surface area contributed by atoms with Crippen LogP contribution < -0.4 is 16.0 Å². The fourth-order valence-electron chi connectivity index (χ4n) is 2.56. The second-order valence-electron chi connectivity index (χ2n) is 6.00. The number of aryl methyl sites for hydroxylation is 1. The van der Waals surface area contributed by atoms with Crippen LogP contribution in [0.5, 0.6) is 0 Å². The minimum atomic E-state index is -0.302. The predicted octanol–water partition coefficient (Wildman–Crippen LogP) is 5.52. The van der Waals surface area contributed by atoms with E-state index in [0.29, 0.717) is 32.9 Å². The monoisotopic (exact) mass is 415 g/mol. The van der Waals surface area contributed by atoms with E-state index in [0.717, 1.165) is 18.1 Å². The molecule has 28 heavy (non-hydrogen) atoms. The van der Waals surface area contributed by atoms with Gasteiger partial charge in [0.15, 0.2) is 0 Å². The molecule has 3 rings (SSSR count). The number of hydrogen-bond donors (Lipinski definition) is 3. The van der Waals surface area contributed by atoms with Crippen molar-refractivity contribution < 1.29 is 4.79 Å². The van der Waals surface area contributed by atoms with Crippen LogP contribution in [-0.4, -0.2) is 22.4 Å². The number of aromatic nitrogens is 2. The molecular formula is C20H19Cl2N5O. The van der Waals surface area contributed by atoms with Crippen molar-refractivity contribution in [3.05, 3.63) is 70.0 Å². The van der Waals surface area contributed by atoms with Gasteiger partial charge in [0.2, 0.25) is 0 Å². The first-order valence-corrected chi connectivity index (χ1v) is 9.43. The Morgan fingerprint density at radius 3 is 2.32 bits per heavy atom. The molecule has 0 spiro atoms.